The molecule has 0 radical (unpaired) electrons. The average Bonchev–Trinajstić information content (AvgIpc) is 2.11. The molecule has 1 rings (SSSR count). The Morgan fingerprint density at radius 1 is 1.60 bits per heavy atom. The lowest BCUT2D eigenvalue weighted by atomic mass is 10.3. The minimum Gasteiger partial charge on any atom is -0.447 e. The maximum atomic E-state index is 5.11. The zero-order valence-corrected chi connectivity index (χ0v) is 6.72. The molecular weight excluding hydrogens is 126 g/mol. The molecule has 1 aliphatic rings. The van der Waals surface area contributed by atoms with Gasteiger partial charge in [0, 0.05) is 6.04 Å². The van der Waals surface area contributed by atoms with Crippen molar-refractivity contribution < 1.29 is 4.74 Å². The Kier molecular flexibility index (Phi) is 1.70. The van der Waals surface area contributed by atoms with E-state index >= 15 is 0 Å². The van der Waals surface area contributed by atoms with Crippen molar-refractivity contribution in [3.8, 4) is 0 Å². The summed E-state index contributed by atoms with van der Waals surface area (Å²) in [7, 11) is 0. The SMILES string of the molecule is C=C1OC=C(C)N1C(C)C. The molecular formula is C8H13NO. The van der Waals surface area contributed by atoms with Gasteiger partial charge in [-0.2, -0.15) is 0 Å². The van der Waals surface area contributed by atoms with E-state index in [2.05, 4.69) is 25.3 Å². The second kappa shape index (κ2) is 2.37. The van der Waals surface area contributed by atoms with Crippen LogP contribution in [0.15, 0.2) is 24.4 Å². The topological polar surface area (TPSA) is 12.5 Å². The maximum Gasteiger partial charge on any atom is 0.192 e. The number of ether oxygens (including phenoxy) is 1. The van der Waals surface area contributed by atoms with E-state index in [0.29, 0.717) is 6.04 Å². The van der Waals surface area contributed by atoms with Gasteiger partial charge in [-0.15, -0.1) is 0 Å². The summed E-state index contributed by atoms with van der Waals surface area (Å²) in [5, 5.41) is 0. The maximum absolute atomic E-state index is 5.11. The van der Waals surface area contributed by atoms with Crippen LogP contribution in [0.3, 0.4) is 0 Å². The zero-order valence-electron chi connectivity index (χ0n) is 6.72. The number of rotatable bonds is 1. The van der Waals surface area contributed by atoms with Gasteiger partial charge >= 0.3 is 0 Å². The predicted octanol–water partition coefficient (Wildman–Crippen LogP) is 2.06. The molecule has 2 heteroatoms. The van der Waals surface area contributed by atoms with Gasteiger partial charge in [0.2, 0.25) is 0 Å². The predicted molar refractivity (Wildman–Crippen MR) is 41.0 cm³/mol. The fraction of sp³-hybridized carbons (Fsp3) is 0.500. The van der Waals surface area contributed by atoms with Gasteiger partial charge in [0.1, 0.15) is 6.26 Å². The minimum absolute atomic E-state index is 0.436. The molecule has 0 bridgehead atoms. The quantitative estimate of drug-likeness (QED) is 0.551. The van der Waals surface area contributed by atoms with E-state index in [1.165, 1.54) is 0 Å². The van der Waals surface area contributed by atoms with Gasteiger partial charge in [0.15, 0.2) is 5.88 Å². The van der Waals surface area contributed by atoms with Gasteiger partial charge in [-0.05, 0) is 27.4 Å². The van der Waals surface area contributed by atoms with Crippen LogP contribution >= 0.6 is 0 Å². The number of allylic oxidation sites excluding steroid dienone is 1. The van der Waals surface area contributed by atoms with E-state index in [0.717, 1.165) is 11.6 Å². The Hall–Kier alpha value is -0.920. The van der Waals surface area contributed by atoms with Crippen LogP contribution in [-0.4, -0.2) is 10.9 Å². The molecule has 0 spiro atoms. The third-order valence-corrected chi connectivity index (χ3v) is 1.53. The van der Waals surface area contributed by atoms with Crippen molar-refractivity contribution in [2.75, 3.05) is 0 Å². The summed E-state index contributed by atoms with van der Waals surface area (Å²) in [5.41, 5.74) is 1.12. The van der Waals surface area contributed by atoms with E-state index < -0.39 is 0 Å². The van der Waals surface area contributed by atoms with E-state index in [9.17, 15) is 0 Å². The van der Waals surface area contributed by atoms with Crippen molar-refractivity contribution in [2.24, 2.45) is 0 Å². The fourth-order valence-corrected chi connectivity index (χ4v) is 1.16. The first-order valence-corrected chi connectivity index (χ1v) is 3.44. The summed E-state index contributed by atoms with van der Waals surface area (Å²) in [6, 6.07) is 0.436. The standard InChI is InChI=1S/C8H13NO/c1-6(2)9-7(3)5-10-8(9)4/h5-6H,4H2,1-3H3. The molecule has 0 aromatic heterocycles. The highest BCUT2D eigenvalue weighted by Gasteiger charge is 2.19. The summed E-state index contributed by atoms with van der Waals surface area (Å²) in [6.45, 7) is 9.99. The van der Waals surface area contributed by atoms with Crippen molar-refractivity contribution in [2.45, 2.75) is 26.8 Å². The third kappa shape index (κ3) is 1.01. The number of nitrogens with zero attached hydrogens (tertiary/aromatic N) is 1. The Morgan fingerprint density at radius 2 is 2.20 bits per heavy atom. The summed E-state index contributed by atoms with van der Waals surface area (Å²) < 4.78 is 5.11. The van der Waals surface area contributed by atoms with Crippen LogP contribution in [0.1, 0.15) is 20.8 Å². The Labute approximate surface area is 61.8 Å². The zero-order chi connectivity index (χ0) is 7.72. The first-order valence-electron chi connectivity index (χ1n) is 3.44. The summed E-state index contributed by atoms with van der Waals surface area (Å²) in [4.78, 5) is 2.06. The molecule has 0 atom stereocenters. The van der Waals surface area contributed by atoms with Crippen molar-refractivity contribution in [3.05, 3.63) is 24.4 Å². The van der Waals surface area contributed by atoms with E-state index in [1.54, 1.807) is 6.26 Å². The van der Waals surface area contributed by atoms with Gasteiger partial charge in [-0.1, -0.05) is 0 Å². The lowest BCUT2D eigenvalue weighted by Gasteiger charge is -2.22. The lowest BCUT2D eigenvalue weighted by Crippen LogP contribution is -2.24. The molecule has 56 valence electrons. The molecule has 0 fully saturated rings. The molecule has 10 heavy (non-hydrogen) atoms. The second-order valence-corrected chi connectivity index (χ2v) is 2.73. The highest BCUT2D eigenvalue weighted by molar-refractivity contribution is 5.10. The Balaban J connectivity index is 2.74. The van der Waals surface area contributed by atoms with Crippen LogP contribution < -0.4 is 0 Å². The highest BCUT2D eigenvalue weighted by Crippen LogP contribution is 2.22. The highest BCUT2D eigenvalue weighted by atomic mass is 16.5. The van der Waals surface area contributed by atoms with Gasteiger partial charge in [0.05, 0.1) is 5.70 Å². The van der Waals surface area contributed by atoms with Crippen LogP contribution in [0.5, 0.6) is 0 Å². The van der Waals surface area contributed by atoms with Crippen LogP contribution in [0.2, 0.25) is 0 Å². The summed E-state index contributed by atoms with van der Waals surface area (Å²) in [6.07, 6.45) is 1.72. The van der Waals surface area contributed by atoms with Crippen molar-refractivity contribution in [3.63, 3.8) is 0 Å². The molecule has 0 saturated heterocycles. The molecule has 2 nitrogen and oxygen atoms in total. The van der Waals surface area contributed by atoms with Crippen molar-refractivity contribution in [1.29, 1.82) is 0 Å². The van der Waals surface area contributed by atoms with E-state index in [4.69, 9.17) is 4.74 Å². The van der Waals surface area contributed by atoms with Crippen LogP contribution in [0.25, 0.3) is 0 Å². The average molecular weight is 139 g/mol. The smallest absolute Gasteiger partial charge is 0.192 e. The summed E-state index contributed by atoms with van der Waals surface area (Å²) >= 11 is 0. The van der Waals surface area contributed by atoms with Crippen LogP contribution in [-0.2, 0) is 4.74 Å². The van der Waals surface area contributed by atoms with Crippen molar-refractivity contribution >= 4 is 0 Å². The van der Waals surface area contributed by atoms with Crippen molar-refractivity contribution in [1.82, 2.24) is 4.90 Å². The molecule has 0 aliphatic carbocycles. The molecule has 0 amide bonds. The lowest BCUT2D eigenvalue weighted by molar-refractivity contribution is 0.240. The Bertz CT molecular complexity index is 182. The van der Waals surface area contributed by atoms with Gasteiger partial charge in [-0.25, -0.2) is 0 Å². The first-order chi connectivity index (χ1) is 4.63. The molecule has 0 unspecified atom stereocenters. The largest absolute Gasteiger partial charge is 0.447 e. The molecule has 0 aromatic rings. The number of hydrogen-bond acceptors (Lipinski definition) is 2. The monoisotopic (exact) mass is 139 g/mol. The molecule has 1 heterocycles. The first kappa shape index (κ1) is 7.19. The van der Waals surface area contributed by atoms with Gasteiger partial charge in [-0.3, -0.25) is 0 Å². The van der Waals surface area contributed by atoms with E-state index in [1.807, 2.05) is 6.92 Å². The minimum atomic E-state index is 0.436. The molecule has 1 aliphatic heterocycles. The van der Waals surface area contributed by atoms with Gasteiger partial charge < -0.3 is 9.64 Å². The molecule has 0 N–H and O–H groups in total. The van der Waals surface area contributed by atoms with Crippen LogP contribution in [0, 0.1) is 0 Å². The fourth-order valence-electron chi connectivity index (χ4n) is 1.16. The van der Waals surface area contributed by atoms with Crippen LogP contribution in [0.4, 0.5) is 0 Å². The normalized spacial score (nSPS) is 17.8. The van der Waals surface area contributed by atoms with Gasteiger partial charge in [0.25, 0.3) is 0 Å². The molecule has 0 saturated carbocycles. The Morgan fingerprint density at radius 3 is 2.40 bits per heavy atom. The molecule has 0 aromatic carbocycles. The summed E-state index contributed by atoms with van der Waals surface area (Å²) in [5.74, 6) is 0.729. The number of hydrogen-bond donors (Lipinski definition) is 0. The third-order valence-electron chi connectivity index (χ3n) is 1.53. The second-order valence-electron chi connectivity index (χ2n) is 2.73. The van der Waals surface area contributed by atoms with E-state index in [-0.39, 0.29) is 0 Å².